The van der Waals surface area contributed by atoms with Crippen molar-refractivity contribution >= 4 is 12.2 Å². The fourth-order valence-corrected chi connectivity index (χ4v) is 1.94. The lowest BCUT2D eigenvalue weighted by Gasteiger charge is -2.06. The molecule has 0 aliphatic carbocycles. The lowest BCUT2D eigenvalue weighted by atomic mass is 10.2. The number of rotatable bonds is 7. The van der Waals surface area contributed by atoms with Crippen LogP contribution in [-0.2, 0) is 11.3 Å². The molecule has 1 heterocycles. The number of hydrogen-bond acceptors (Lipinski definition) is 4. The molecule has 2 aromatic rings. The molecule has 0 fully saturated rings. The molecule has 5 nitrogen and oxygen atoms in total. The Kier molecular flexibility index (Phi) is 6.65. The Hall–Kier alpha value is -2.82. The number of ether oxygens (including phenoxy) is 2. The van der Waals surface area contributed by atoms with E-state index in [1.165, 1.54) is 0 Å². The molecule has 0 unspecified atom stereocenters. The lowest BCUT2D eigenvalue weighted by molar-refractivity contribution is 0.140. The minimum absolute atomic E-state index is 0.273. The first-order chi connectivity index (χ1) is 11.3. The molecule has 1 N–H and O–H groups in total. The fourth-order valence-electron chi connectivity index (χ4n) is 1.94. The van der Waals surface area contributed by atoms with E-state index in [1.54, 1.807) is 13.3 Å². The van der Waals surface area contributed by atoms with Crippen LogP contribution in [0.2, 0.25) is 0 Å². The third-order valence-electron chi connectivity index (χ3n) is 3.08. The maximum Gasteiger partial charge on any atom is 0.407 e. The first-order valence-corrected chi connectivity index (χ1v) is 7.39. The monoisotopic (exact) mass is 312 g/mol. The quantitative estimate of drug-likeness (QED) is 0.796. The summed E-state index contributed by atoms with van der Waals surface area (Å²) in [7, 11) is 1.59. The number of hydrogen-bond donors (Lipinski definition) is 1. The summed E-state index contributed by atoms with van der Waals surface area (Å²) in [5, 5.41) is 2.71. The number of methoxy groups -OCH3 is 1. The van der Waals surface area contributed by atoms with Crippen molar-refractivity contribution in [2.24, 2.45) is 0 Å². The Morgan fingerprint density at radius 3 is 2.83 bits per heavy atom. The molecule has 0 aliphatic heterocycles. The van der Waals surface area contributed by atoms with Gasteiger partial charge in [-0.3, -0.25) is 0 Å². The SMILES string of the molecule is COc1ncccc1C=CCCNC(=O)OCc1ccccc1. The summed E-state index contributed by atoms with van der Waals surface area (Å²) in [4.78, 5) is 15.7. The predicted octanol–water partition coefficient (Wildman–Crippen LogP) is 3.42. The largest absolute Gasteiger partial charge is 0.481 e. The van der Waals surface area contributed by atoms with Crippen molar-refractivity contribution in [2.75, 3.05) is 13.7 Å². The highest BCUT2D eigenvalue weighted by Crippen LogP contribution is 2.15. The number of carbonyl (C=O) groups is 1. The summed E-state index contributed by atoms with van der Waals surface area (Å²) < 4.78 is 10.3. The van der Waals surface area contributed by atoms with Crippen molar-refractivity contribution in [3.05, 3.63) is 65.9 Å². The molecule has 1 aromatic carbocycles. The molecule has 0 bridgehead atoms. The number of aromatic nitrogens is 1. The predicted molar refractivity (Wildman–Crippen MR) is 89.1 cm³/mol. The van der Waals surface area contributed by atoms with Gasteiger partial charge in [-0.15, -0.1) is 0 Å². The van der Waals surface area contributed by atoms with E-state index in [-0.39, 0.29) is 6.61 Å². The van der Waals surface area contributed by atoms with Gasteiger partial charge >= 0.3 is 6.09 Å². The Labute approximate surface area is 136 Å². The average molecular weight is 312 g/mol. The van der Waals surface area contributed by atoms with Crippen LogP contribution in [0.25, 0.3) is 6.08 Å². The highest BCUT2D eigenvalue weighted by molar-refractivity contribution is 5.67. The van der Waals surface area contributed by atoms with Gasteiger partial charge in [-0.25, -0.2) is 9.78 Å². The maximum atomic E-state index is 11.6. The van der Waals surface area contributed by atoms with Crippen LogP contribution in [0.1, 0.15) is 17.5 Å². The number of alkyl carbamates (subject to hydrolysis) is 1. The van der Waals surface area contributed by atoms with Crippen molar-refractivity contribution in [3.8, 4) is 5.88 Å². The third-order valence-corrected chi connectivity index (χ3v) is 3.08. The van der Waals surface area contributed by atoms with Crippen LogP contribution in [0, 0.1) is 0 Å². The fraction of sp³-hybridized carbons (Fsp3) is 0.222. The zero-order valence-electron chi connectivity index (χ0n) is 13.1. The van der Waals surface area contributed by atoms with Crippen LogP contribution in [0.15, 0.2) is 54.7 Å². The second-order valence-corrected chi connectivity index (χ2v) is 4.78. The number of nitrogens with zero attached hydrogens (tertiary/aromatic N) is 1. The topological polar surface area (TPSA) is 60.5 Å². The summed E-state index contributed by atoms with van der Waals surface area (Å²) in [5.41, 5.74) is 1.87. The number of carbonyl (C=O) groups excluding carboxylic acids is 1. The molecule has 1 amide bonds. The summed E-state index contributed by atoms with van der Waals surface area (Å²) in [5.74, 6) is 0.582. The van der Waals surface area contributed by atoms with Crippen LogP contribution < -0.4 is 10.1 Å². The number of benzene rings is 1. The first-order valence-electron chi connectivity index (χ1n) is 7.39. The van der Waals surface area contributed by atoms with Gasteiger partial charge in [0.1, 0.15) is 6.61 Å². The van der Waals surface area contributed by atoms with Crippen molar-refractivity contribution in [2.45, 2.75) is 13.0 Å². The van der Waals surface area contributed by atoms with Gasteiger partial charge < -0.3 is 14.8 Å². The summed E-state index contributed by atoms with van der Waals surface area (Å²) in [6, 6.07) is 13.3. The average Bonchev–Trinajstić information content (AvgIpc) is 2.61. The van der Waals surface area contributed by atoms with Crippen LogP contribution in [0.3, 0.4) is 0 Å². The van der Waals surface area contributed by atoms with E-state index < -0.39 is 6.09 Å². The molecule has 0 radical (unpaired) electrons. The van der Waals surface area contributed by atoms with Gasteiger partial charge in [0.2, 0.25) is 5.88 Å². The van der Waals surface area contributed by atoms with Crippen molar-refractivity contribution in [3.63, 3.8) is 0 Å². The van der Waals surface area contributed by atoms with E-state index in [9.17, 15) is 4.79 Å². The van der Waals surface area contributed by atoms with Crippen molar-refractivity contribution < 1.29 is 14.3 Å². The van der Waals surface area contributed by atoms with Crippen LogP contribution >= 0.6 is 0 Å². The first kappa shape index (κ1) is 16.5. The Morgan fingerprint density at radius 1 is 1.22 bits per heavy atom. The minimum atomic E-state index is -0.416. The van der Waals surface area contributed by atoms with E-state index in [0.717, 1.165) is 11.1 Å². The molecule has 23 heavy (non-hydrogen) atoms. The van der Waals surface area contributed by atoms with E-state index in [1.807, 2.05) is 54.6 Å². The van der Waals surface area contributed by atoms with E-state index >= 15 is 0 Å². The van der Waals surface area contributed by atoms with Gasteiger partial charge in [-0.2, -0.15) is 0 Å². The van der Waals surface area contributed by atoms with Crippen LogP contribution in [0.4, 0.5) is 4.79 Å². The van der Waals surface area contributed by atoms with E-state index in [4.69, 9.17) is 9.47 Å². The number of amides is 1. The van der Waals surface area contributed by atoms with Gasteiger partial charge in [0.05, 0.1) is 7.11 Å². The van der Waals surface area contributed by atoms with E-state index in [2.05, 4.69) is 10.3 Å². The highest BCUT2D eigenvalue weighted by Gasteiger charge is 2.01. The lowest BCUT2D eigenvalue weighted by Crippen LogP contribution is -2.24. The van der Waals surface area contributed by atoms with Crippen molar-refractivity contribution in [1.82, 2.24) is 10.3 Å². The van der Waals surface area contributed by atoms with Gasteiger partial charge in [0.15, 0.2) is 0 Å². The Balaban J connectivity index is 1.66. The molecule has 1 aromatic heterocycles. The van der Waals surface area contributed by atoms with Crippen molar-refractivity contribution in [1.29, 1.82) is 0 Å². The second kappa shape index (κ2) is 9.25. The molecule has 120 valence electrons. The number of pyridine rings is 1. The molecule has 0 saturated heterocycles. The van der Waals surface area contributed by atoms with Crippen LogP contribution in [0.5, 0.6) is 5.88 Å². The highest BCUT2D eigenvalue weighted by atomic mass is 16.5. The maximum absolute atomic E-state index is 11.6. The van der Waals surface area contributed by atoms with Crippen LogP contribution in [-0.4, -0.2) is 24.7 Å². The van der Waals surface area contributed by atoms with Gasteiger partial charge in [-0.05, 0) is 24.1 Å². The molecule has 0 saturated carbocycles. The van der Waals surface area contributed by atoms with E-state index in [0.29, 0.717) is 18.8 Å². The zero-order chi connectivity index (χ0) is 16.3. The summed E-state index contributed by atoms with van der Waals surface area (Å²) >= 11 is 0. The minimum Gasteiger partial charge on any atom is -0.481 e. The molecule has 5 heteroatoms. The second-order valence-electron chi connectivity index (χ2n) is 4.78. The third kappa shape index (κ3) is 5.82. The molecule has 0 aliphatic rings. The Bertz CT molecular complexity index is 642. The van der Waals surface area contributed by atoms with Gasteiger partial charge in [0.25, 0.3) is 0 Å². The Morgan fingerprint density at radius 2 is 2.04 bits per heavy atom. The summed E-state index contributed by atoms with van der Waals surface area (Å²) in [6.45, 7) is 0.780. The molecular formula is C18H20N2O3. The van der Waals surface area contributed by atoms with Gasteiger partial charge in [0, 0.05) is 18.3 Å². The zero-order valence-corrected chi connectivity index (χ0v) is 13.1. The smallest absolute Gasteiger partial charge is 0.407 e. The van der Waals surface area contributed by atoms with Gasteiger partial charge in [-0.1, -0.05) is 42.5 Å². The molecule has 0 spiro atoms. The summed E-state index contributed by atoms with van der Waals surface area (Å²) in [6.07, 6.45) is 5.83. The standard InChI is InChI=1S/C18H20N2O3/c1-22-17-16(11-7-13-19-17)10-5-6-12-20-18(21)23-14-15-8-3-2-4-9-15/h2-5,7-11,13H,6,12,14H2,1H3,(H,20,21). The molecule has 2 rings (SSSR count). The normalized spacial score (nSPS) is 10.5. The molecular weight excluding hydrogens is 292 g/mol. The molecule has 0 atom stereocenters. The number of nitrogens with one attached hydrogen (secondary N) is 1.